The van der Waals surface area contributed by atoms with Gasteiger partial charge in [-0.15, -0.1) is 0 Å². The van der Waals surface area contributed by atoms with Gasteiger partial charge < -0.3 is 10.4 Å². The molecular weight excluding hydrogens is 210 g/mol. The van der Waals surface area contributed by atoms with Crippen LogP contribution >= 0.6 is 0 Å². The lowest BCUT2D eigenvalue weighted by Gasteiger charge is -2.24. The van der Waals surface area contributed by atoms with E-state index >= 15 is 0 Å². The Kier molecular flexibility index (Phi) is 4.34. The number of rotatable bonds is 3. The Morgan fingerprint density at radius 3 is 2.12 bits per heavy atom. The molecule has 1 unspecified atom stereocenters. The lowest BCUT2D eigenvalue weighted by Crippen LogP contribution is -2.38. The lowest BCUT2D eigenvalue weighted by molar-refractivity contribution is 0.162. The molecule has 2 nitrogen and oxygen atoms in total. The van der Waals surface area contributed by atoms with Gasteiger partial charge in [0.15, 0.2) is 0 Å². The molecule has 0 fully saturated rings. The maximum atomic E-state index is 10.2. The zero-order valence-corrected chi connectivity index (χ0v) is 11.9. The Morgan fingerprint density at radius 2 is 1.59 bits per heavy atom. The minimum Gasteiger partial charge on any atom is -0.387 e. The first-order chi connectivity index (χ1) is 7.70. The van der Waals surface area contributed by atoms with E-state index in [1.165, 1.54) is 11.1 Å². The van der Waals surface area contributed by atoms with E-state index in [1.807, 2.05) is 0 Å². The molecule has 0 amide bonds. The highest BCUT2D eigenvalue weighted by atomic mass is 16.3. The fourth-order valence-corrected chi connectivity index (χ4v) is 1.85. The Balaban J connectivity index is 2.82. The van der Waals surface area contributed by atoms with E-state index < -0.39 is 6.10 Å². The second-order valence-electron chi connectivity index (χ2n) is 5.94. The van der Waals surface area contributed by atoms with E-state index in [9.17, 15) is 5.11 Å². The van der Waals surface area contributed by atoms with Crippen molar-refractivity contribution in [2.24, 2.45) is 0 Å². The summed E-state index contributed by atoms with van der Waals surface area (Å²) < 4.78 is 0. The highest BCUT2D eigenvalue weighted by Crippen LogP contribution is 2.21. The number of aryl methyl sites for hydroxylation is 3. The average Bonchev–Trinajstić information content (AvgIpc) is 2.19. The van der Waals surface area contributed by atoms with Crippen LogP contribution < -0.4 is 5.32 Å². The Labute approximate surface area is 105 Å². The summed E-state index contributed by atoms with van der Waals surface area (Å²) in [7, 11) is 0. The van der Waals surface area contributed by atoms with Gasteiger partial charge in [0, 0.05) is 12.1 Å². The smallest absolute Gasteiger partial charge is 0.0917 e. The lowest BCUT2D eigenvalue weighted by atomic mass is 9.96. The van der Waals surface area contributed by atoms with Crippen LogP contribution in [0.3, 0.4) is 0 Å². The summed E-state index contributed by atoms with van der Waals surface area (Å²) in [4.78, 5) is 0. The molecule has 0 aliphatic heterocycles. The predicted octanol–water partition coefficient (Wildman–Crippen LogP) is 3.03. The first-order valence-corrected chi connectivity index (χ1v) is 6.21. The topological polar surface area (TPSA) is 32.3 Å². The Hall–Kier alpha value is -0.860. The van der Waals surface area contributed by atoms with Crippen LogP contribution in [0.4, 0.5) is 0 Å². The van der Waals surface area contributed by atoms with Crippen molar-refractivity contribution in [3.8, 4) is 0 Å². The minimum atomic E-state index is -0.437. The normalized spacial score (nSPS) is 13.8. The van der Waals surface area contributed by atoms with Crippen molar-refractivity contribution >= 4 is 0 Å². The highest BCUT2D eigenvalue weighted by Gasteiger charge is 2.15. The second kappa shape index (κ2) is 5.19. The van der Waals surface area contributed by atoms with Gasteiger partial charge in [-0.05, 0) is 63.8 Å². The summed E-state index contributed by atoms with van der Waals surface area (Å²) in [6.07, 6.45) is -0.437. The zero-order valence-electron chi connectivity index (χ0n) is 11.9. The van der Waals surface area contributed by atoms with Gasteiger partial charge in [-0.1, -0.05) is 12.1 Å². The molecule has 0 radical (unpaired) electrons. The van der Waals surface area contributed by atoms with Gasteiger partial charge in [0.2, 0.25) is 0 Å². The maximum Gasteiger partial charge on any atom is 0.0917 e. The summed E-state index contributed by atoms with van der Waals surface area (Å²) in [5.74, 6) is 0. The van der Waals surface area contributed by atoms with Gasteiger partial charge in [-0.25, -0.2) is 0 Å². The molecule has 0 saturated carbocycles. The zero-order chi connectivity index (χ0) is 13.2. The molecular formula is C15H25NO. The third-order valence-corrected chi connectivity index (χ3v) is 3.07. The van der Waals surface area contributed by atoms with Crippen LogP contribution in [-0.2, 0) is 0 Å². The molecule has 1 atom stereocenters. The molecule has 0 aliphatic rings. The van der Waals surface area contributed by atoms with Crippen LogP contribution in [0, 0.1) is 20.8 Å². The van der Waals surface area contributed by atoms with Gasteiger partial charge >= 0.3 is 0 Å². The van der Waals surface area contributed by atoms with Crippen LogP contribution in [-0.4, -0.2) is 17.2 Å². The van der Waals surface area contributed by atoms with Gasteiger partial charge in [-0.3, -0.25) is 0 Å². The number of benzene rings is 1. The molecule has 1 rings (SSSR count). The van der Waals surface area contributed by atoms with Crippen molar-refractivity contribution in [3.05, 3.63) is 34.4 Å². The van der Waals surface area contributed by atoms with Crippen molar-refractivity contribution < 1.29 is 5.11 Å². The molecule has 1 aromatic carbocycles. The molecule has 2 N–H and O–H groups in total. The number of β-amino-alcohol motifs (C(OH)–C–C–N with tert-alkyl or cyclic N) is 1. The summed E-state index contributed by atoms with van der Waals surface area (Å²) in [5, 5.41) is 13.5. The van der Waals surface area contributed by atoms with E-state index in [2.05, 4.69) is 59.0 Å². The van der Waals surface area contributed by atoms with E-state index in [0.717, 1.165) is 11.1 Å². The fourth-order valence-electron chi connectivity index (χ4n) is 1.85. The van der Waals surface area contributed by atoms with Crippen molar-refractivity contribution in [1.82, 2.24) is 5.32 Å². The monoisotopic (exact) mass is 235 g/mol. The molecule has 2 heteroatoms. The molecule has 0 saturated heterocycles. The van der Waals surface area contributed by atoms with E-state index in [0.29, 0.717) is 6.54 Å². The number of aliphatic hydroxyl groups excluding tert-OH is 1. The minimum absolute atomic E-state index is 0.0363. The van der Waals surface area contributed by atoms with Crippen LogP contribution in [0.15, 0.2) is 12.1 Å². The molecule has 0 aliphatic carbocycles. The summed E-state index contributed by atoms with van der Waals surface area (Å²) in [6.45, 7) is 13.1. The predicted molar refractivity (Wildman–Crippen MR) is 73.4 cm³/mol. The van der Waals surface area contributed by atoms with Gasteiger partial charge in [0.05, 0.1) is 6.10 Å². The van der Waals surface area contributed by atoms with Crippen LogP contribution in [0.5, 0.6) is 0 Å². The average molecular weight is 235 g/mol. The fraction of sp³-hybridized carbons (Fsp3) is 0.600. The number of hydrogen-bond acceptors (Lipinski definition) is 2. The standard InChI is InChI=1S/C15H25NO/c1-10-7-12(3)13(8-11(10)2)14(17)9-16-15(4,5)6/h7-8,14,16-17H,9H2,1-6H3. The second-order valence-corrected chi connectivity index (χ2v) is 5.94. The first-order valence-electron chi connectivity index (χ1n) is 6.21. The third-order valence-electron chi connectivity index (χ3n) is 3.07. The summed E-state index contributed by atoms with van der Waals surface area (Å²) in [5.41, 5.74) is 4.75. The highest BCUT2D eigenvalue weighted by molar-refractivity contribution is 5.37. The molecule has 17 heavy (non-hydrogen) atoms. The van der Waals surface area contributed by atoms with Crippen molar-refractivity contribution in [2.45, 2.75) is 53.2 Å². The number of aliphatic hydroxyl groups is 1. The van der Waals surface area contributed by atoms with Gasteiger partial charge in [0.1, 0.15) is 0 Å². The van der Waals surface area contributed by atoms with Crippen molar-refractivity contribution in [1.29, 1.82) is 0 Å². The van der Waals surface area contributed by atoms with E-state index in [1.54, 1.807) is 0 Å². The Bertz CT molecular complexity index is 391. The third kappa shape index (κ3) is 4.14. The van der Waals surface area contributed by atoms with Gasteiger partial charge in [0.25, 0.3) is 0 Å². The summed E-state index contributed by atoms with van der Waals surface area (Å²) in [6, 6.07) is 4.24. The maximum absolute atomic E-state index is 10.2. The molecule has 1 aromatic rings. The van der Waals surface area contributed by atoms with Crippen molar-refractivity contribution in [3.63, 3.8) is 0 Å². The summed E-state index contributed by atoms with van der Waals surface area (Å²) >= 11 is 0. The van der Waals surface area contributed by atoms with Crippen LogP contribution in [0.1, 0.15) is 49.1 Å². The Morgan fingerprint density at radius 1 is 1.06 bits per heavy atom. The largest absolute Gasteiger partial charge is 0.387 e. The number of nitrogens with one attached hydrogen (secondary N) is 1. The molecule has 0 aromatic heterocycles. The molecule has 96 valence electrons. The molecule has 0 spiro atoms. The van der Waals surface area contributed by atoms with Gasteiger partial charge in [-0.2, -0.15) is 0 Å². The molecule has 0 bridgehead atoms. The number of hydrogen-bond donors (Lipinski definition) is 2. The molecule has 0 heterocycles. The van der Waals surface area contributed by atoms with E-state index in [4.69, 9.17) is 0 Å². The van der Waals surface area contributed by atoms with Crippen LogP contribution in [0.25, 0.3) is 0 Å². The van der Waals surface area contributed by atoms with Crippen molar-refractivity contribution in [2.75, 3.05) is 6.54 Å². The van der Waals surface area contributed by atoms with Crippen LogP contribution in [0.2, 0.25) is 0 Å². The SMILES string of the molecule is Cc1cc(C)c(C(O)CNC(C)(C)C)cc1C. The first kappa shape index (κ1) is 14.2. The van der Waals surface area contributed by atoms with E-state index in [-0.39, 0.29) is 5.54 Å². The quantitative estimate of drug-likeness (QED) is 0.844.